The highest BCUT2D eigenvalue weighted by molar-refractivity contribution is 5.85. The number of ether oxygens (including phenoxy) is 1. The van der Waals surface area contributed by atoms with Gasteiger partial charge in [0.25, 0.3) is 0 Å². The molecule has 22 heavy (non-hydrogen) atoms. The maximum absolute atomic E-state index is 12.4. The second-order valence-electron chi connectivity index (χ2n) is 6.93. The first kappa shape index (κ1) is 17.3. The average Bonchev–Trinajstić information content (AvgIpc) is 2.70. The number of hydrogen-bond acceptors (Lipinski definition) is 3. The van der Waals surface area contributed by atoms with E-state index >= 15 is 0 Å². The van der Waals surface area contributed by atoms with Crippen LogP contribution in [0.4, 0.5) is 0 Å². The van der Waals surface area contributed by atoms with E-state index in [1.165, 1.54) is 0 Å². The third-order valence-electron chi connectivity index (χ3n) is 4.46. The fourth-order valence-corrected chi connectivity index (χ4v) is 3.07. The SMILES string of the molecule is CC(C)COC1CCN(C(=O)CN2CCCCCC2=O)CC1. The third-order valence-corrected chi connectivity index (χ3v) is 4.46. The molecular formula is C17H30N2O3. The van der Waals surface area contributed by atoms with E-state index in [0.717, 1.165) is 58.3 Å². The largest absolute Gasteiger partial charge is 0.378 e. The second-order valence-corrected chi connectivity index (χ2v) is 6.93. The van der Waals surface area contributed by atoms with Crippen molar-refractivity contribution in [1.29, 1.82) is 0 Å². The minimum atomic E-state index is 0.0950. The Labute approximate surface area is 134 Å². The third kappa shape index (κ3) is 5.27. The van der Waals surface area contributed by atoms with Crippen LogP contribution in [0.3, 0.4) is 0 Å². The Morgan fingerprint density at radius 3 is 2.59 bits per heavy atom. The lowest BCUT2D eigenvalue weighted by molar-refractivity contribution is -0.141. The van der Waals surface area contributed by atoms with Gasteiger partial charge in [0.05, 0.1) is 12.6 Å². The number of piperidine rings is 1. The van der Waals surface area contributed by atoms with Crippen molar-refractivity contribution in [2.75, 3.05) is 32.8 Å². The van der Waals surface area contributed by atoms with Gasteiger partial charge >= 0.3 is 0 Å². The normalized spacial score (nSPS) is 21.3. The molecule has 126 valence electrons. The Balaban J connectivity index is 1.73. The van der Waals surface area contributed by atoms with E-state index in [4.69, 9.17) is 4.74 Å². The molecule has 0 spiro atoms. The molecule has 0 aromatic heterocycles. The predicted octanol–water partition coefficient (Wildman–Crippen LogP) is 2.05. The molecule has 0 aromatic carbocycles. The van der Waals surface area contributed by atoms with Crippen LogP contribution in [0.1, 0.15) is 52.4 Å². The monoisotopic (exact) mass is 310 g/mol. The van der Waals surface area contributed by atoms with Crippen LogP contribution < -0.4 is 0 Å². The highest BCUT2D eigenvalue weighted by Crippen LogP contribution is 2.16. The van der Waals surface area contributed by atoms with Crippen LogP contribution in [0.25, 0.3) is 0 Å². The summed E-state index contributed by atoms with van der Waals surface area (Å²) in [7, 11) is 0. The fourth-order valence-electron chi connectivity index (χ4n) is 3.07. The summed E-state index contributed by atoms with van der Waals surface area (Å²) in [5, 5.41) is 0. The first-order valence-corrected chi connectivity index (χ1v) is 8.73. The number of likely N-dealkylation sites (tertiary alicyclic amines) is 2. The number of rotatable bonds is 5. The quantitative estimate of drug-likeness (QED) is 0.781. The maximum atomic E-state index is 12.4. The molecule has 5 nitrogen and oxygen atoms in total. The second kappa shape index (κ2) is 8.51. The van der Waals surface area contributed by atoms with Crippen LogP contribution in [0.15, 0.2) is 0 Å². The van der Waals surface area contributed by atoms with Gasteiger partial charge in [-0.1, -0.05) is 20.3 Å². The molecular weight excluding hydrogens is 280 g/mol. The van der Waals surface area contributed by atoms with E-state index in [-0.39, 0.29) is 24.5 Å². The van der Waals surface area contributed by atoms with Crippen LogP contribution >= 0.6 is 0 Å². The Morgan fingerprint density at radius 2 is 1.91 bits per heavy atom. The topological polar surface area (TPSA) is 49.9 Å². The number of hydrogen-bond donors (Lipinski definition) is 0. The molecule has 2 saturated heterocycles. The van der Waals surface area contributed by atoms with Gasteiger partial charge < -0.3 is 14.5 Å². The van der Waals surface area contributed by atoms with Crippen molar-refractivity contribution in [3.05, 3.63) is 0 Å². The summed E-state index contributed by atoms with van der Waals surface area (Å²) < 4.78 is 5.85. The van der Waals surface area contributed by atoms with Gasteiger partial charge in [-0.25, -0.2) is 0 Å². The van der Waals surface area contributed by atoms with Crippen molar-refractivity contribution in [3.8, 4) is 0 Å². The van der Waals surface area contributed by atoms with E-state index in [2.05, 4.69) is 13.8 Å². The zero-order valence-corrected chi connectivity index (χ0v) is 14.1. The van der Waals surface area contributed by atoms with Gasteiger partial charge in [-0.3, -0.25) is 9.59 Å². The summed E-state index contributed by atoms with van der Waals surface area (Å²) in [5.41, 5.74) is 0. The van der Waals surface area contributed by atoms with E-state index in [0.29, 0.717) is 12.3 Å². The first-order chi connectivity index (χ1) is 10.6. The summed E-state index contributed by atoms with van der Waals surface area (Å²) >= 11 is 0. The highest BCUT2D eigenvalue weighted by Gasteiger charge is 2.26. The summed E-state index contributed by atoms with van der Waals surface area (Å²) in [6.07, 6.45) is 5.77. The first-order valence-electron chi connectivity index (χ1n) is 8.73. The zero-order valence-electron chi connectivity index (χ0n) is 14.1. The Morgan fingerprint density at radius 1 is 1.18 bits per heavy atom. The number of amides is 2. The molecule has 2 fully saturated rings. The Kier molecular flexibility index (Phi) is 6.68. The van der Waals surface area contributed by atoms with Crippen LogP contribution in [0.2, 0.25) is 0 Å². The van der Waals surface area contributed by atoms with Crippen LogP contribution in [0.5, 0.6) is 0 Å². The van der Waals surface area contributed by atoms with Gasteiger partial charge in [0.2, 0.25) is 11.8 Å². The van der Waals surface area contributed by atoms with Gasteiger partial charge in [-0.2, -0.15) is 0 Å². The molecule has 2 heterocycles. The molecule has 0 unspecified atom stereocenters. The Bertz CT molecular complexity index is 376. The molecule has 0 atom stereocenters. The number of carbonyl (C=O) groups excluding carboxylic acids is 2. The molecule has 2 rings (SSSR count). The van der Waals surface area contributed by atoms with Crippen molar-refractivity contribution in [1.82, 2.24) is 9.80 Å². The molecule has 0 aliphatic carbocycles. The standard InChI is InChI=1S/C17H30N2O3/c1-14(2)13-22-15-7-10-18(11-8-15)17(21)12-19-9-5-3-4-6-16(19)20/h14-15H,3-13H2,1-2H3. The molecule has 2 amide bonds. The lowest BCUT2D eigenvalue weighted by Gasteiger charge is -2.33. The highest BCUT2D eigenvalue weighted by atomic mass is 16.5. The molecule has 2 aliphatic heterocycles. The van der Waals surface area contributed by atoms with Gasteiger partial charge in [-0.15, -0.1) is 0 Å². The number of nitrogens with zero attached hydrogens (tertiary/aromatic N) is 2. The minimum Gasteiger partial charge on any atom is -0.378 e. The molecule has 2 aliphatic rings. The molecule has 0 aromatic rings. The number of carbonyl (C=O) groups is 2. The average molecular weight is 310 g/mol. The smallest absolute Gasteiger partial charge is 0.242 e. The summed E-state index contributed by atoms with van der Waals surface area (Å²) in [6.45, 7) is 7.59. The summed E-state index contributed by atoms with van der Waals surface area (Å²) in [6, 6.07) is 0. The van der Waals surface area contributed by atoms with E-state index < -0.39 is 0 Å². The van der Waals surface area contributed by atoms with Gasteiger partial charge in [-0.05, 0) is 31.6 Å². The van der Waals surface area contributed by atoms with Gasteiger partial charge in [0.15, 0.2) is 0 Å². The van der Waals surface area contributed by atoms with Crippen molar-refractivity contribution in [2.45, 2.75) is 58.5 Å². The summed E-state index contributed by atoms with van der Waals surface area (Å²) in [4.78, 5) is 28.0. The van der Waals surface area contributed by atoms with E-state index in [9.17, 15) is 9.59 Å². The molecule has 5 heteroatoms. The van der Waals surface area contributed by atoms with Crippen molar-refractivity contribution >= 4 is 11.8 Å². The van der Waals surface area contributed by atoms with E-state index in [1.807, 2.05) is 4.90 Å². The van der Waals surface area contributed by atoms with Crippen LogP contribution in [-0.2, 0) is 14.3 Å². The van der Waals surface area contributed by atoms with Gasteiger partial charge in [0.1, 0.15) is 0 Å². The minimum absolute atomic E-state index is 0.0950. The predicted molar refractivity (Wildman–Crippen MR) is 85.4 cm³/mol. The molecule has 0 bridgehead atoms. The van der Waals surface area contributed by atoms with E-state index in [1.54, 1.807) is 4.90 Å². The lowest BCUT2D eigenvalue weighted by atomic mass is 10.1. The maximum Gasteiger partial charge on any atom is 0.242 e. The van der Waals surface area contributed by atoms with Crippen molar-refractivity contribution in [3.63, 3.8) is 0 Å². The van der Waals surface area contributed by atoms with Crippen LogP contribution in [0, 0.1) is 5.92 Å². The molecule has 0 radical (unpaired) electrons. The van der Waals surface area contributed by atoms with Crippen molar-refractivity contribution in [2.24, 2.45) is 5.92 Å². The van der Waals surface area contributed by atoms with Crippen LogP contribution in [-0.4, -0.2) is 60.5 Å². The van der Waals surface area contributed by atoms with Gasteiger partial charge in [0, 0.05) is 32.7 Å². The van der Waals surface area contributed by atoms with Crippen molar-refractivity contribution < 1.29 is 14.3 Å². The molecule has 0 N–H and O–H groups in total. The zero-order chi connectivity index (χ0) is 15.9. The fraction of sp³-hybridized carbons (Fsp3) is 0.882. The lowest BCUT2D eigenvalue weighted by Crippen LogP contribution is -2.46. The Hall–Kier alpha value is -1.10. The summed E-state index contributed by atoms with van der Waals surface area (Å²) in [5.74, 6) is 0.785. The molecule has 0 saturated carbocycles.